The van der Waals surface area contributed by atoms with Crippen molar-refractivity contribution in [1.29, 1.82) is 0 Å². The van der Waals surface area contributed by atoms with E-state index in [9.17, 15) is 14.4 Å². The molecule has 0 unspecified atom stereocenters. The highest BCUT2D eigenvalue weighted by Gasteiger charge is 2.36. The molecular weight excluding hydrogens is 366 g/mol. The van der Waals surface area contributed by atoms with Crippen LogP contribution in [0.5, 0.6) is 0 Å². The van der Waals surface area contributed by atoms with Gasteiger partial charge >= 0.3 is 6.03 Å². The Hall–Kier alpha value is -3.15. The van der Waals surface area contributed by atoms with Crippen LogP contribution >= 0.6 is 0 Å². The minimum atomic E-state index is -0.721. The first-order chi connectivity index (χ1) is 14.1. The third-order valence-electron chi connectivity index (χ3n) is 5.75. The summed E-state index contributed by atoms with van der Waals surface area (Å²) in [5, 5.41) is 2.28. The first-order valence-electron chi connectivity index (χ1n) is 10.2. The van der Waals surface area contributed by atoms with E-state index in [1.165, 1.54) is 19.3 Å². The molecule has 0 bridgehead atoms. The quantitative estimate of drug-likeness (QED) is 0.626. The van der Waals surface area contributed by atoms with Crippen molar-refractivity contribution in [2.24, 2.45) is 0 Å². The fourth-order valence-electron chi connectivity index (χ4n) is 4.06. The summed E-state index contributed by atoms with van der Waals surface area (Å²) >= 11 is 0. The Labute approximate surface area is 170 Å². The lowest BCUT2D eigenvalue weighted by Crippen LogP contribution is -2.54. The van der Waals surface area contributed by atoms with Crippen molar-refractivity contribution in [2.45, 2.75) is 51.5 Å². The summed E-state index contributed by atoms with van der Waals surface area (Å²) in [6, 6.07) is 8.86. The van der Waals surface area contributed by atoms with Crippen LogP contribution in [-0.4, -0.2) is 22.4 Å². The Morgan fingerprint density at radius 3 is 2.45 bits per heavy atom. The van der Waals surface area contributed by atoms with Gasteiger partial charge in [-0.05, 0) is 54.7 Å². The molecule has 4 amide bonds. The van der Waals surface area contributed by atoms with Crippen LogP contribution in [0.2, 0.25) is 0 Å². The fraction of sp³-hybridized carbons (Fsp3) is 0.348. The van der Waals surface area contributed by atoms with Gasteiger partial charge in [-0.1, -0.05) is 38.3 Å². The zero-order valence-corrected chi connectivity index (χ0v) is 16.6. The van der Waals surface area contributed by atoms with E-state index in [1.807, 2.05) is 37.5 Å². The second kappa shape index (κ2) is 8.07. The number of imide groups is 2. The van der Waals surface area contributed by atoms with Crippen molar-refractivity contribution in [1.82, 2.24) is 9.88 Å². The minimum Gasteiger partial charge on any atom is -0.351 e. The highest BCUT2D eigenvalue weighted by atomic mass is 16.2. The zero-order valence-electron chi connectivity index (χ0n) is 16.6. The molecule has 2 heterocycles. The molecule has 1 N–H and O–H groups in total. The van der Waals surface area contributed by atoms with Crippen molar-refractivity contribution >= 4 is 29.6 Å². The Kier molecular flexibility index (Phi) is 5.34. The maximum Gasteiger partial charge on any atom is 0.335 e. The van der Waals surface area contributed by atoms with Gasteiger partial charge in [0.15, 0.2) is 0 Å². The number of rotatable bonds is 4. The van der Waals surface area contributed by atoms with Gasteiger partial charge < -0.3 is 4.57 Å². The van der Waals surface area contributed by atoms with Gasteiger partial charge in [0.1, 0.15) is 5.57 Å². The molecule has 2 fully saturated rings. The van der Waals surface area contributed by atoms with Crippen LogP contribution in [0.15, 0.2) is 48.3 Å². The van der Waals surface area contributed by atoms with Crippen LogP contribution in [0.25, 0.3) is 6.08 Å². The molecule has 4 rings (SSSR count). The van der Waals surface area contributed by atoms with E-state index in [1.54, 1.807) is 18.2 Å². The van der Waals surface area contributed by atoms with Crippen LogP contribution < -0.4 is 10.2 Å². The van der Waals surface area contributed by atoms with Gasteiger partial charge in [-0.15, -0.1) is 0 Å². The van der Waals surface area contributed by atoms with Gasteiger partial charge in [-0.3, -0.25) is 14.9 Å². The number of carbonyl (C=O) groups excluding carboxylic acids is 3. The number of hydrogen-bond donors (Lipinski definition) is 1. The molecule has 6 nitrogen and oxygen atoms in total. The van der Waals surface area contributed by atoms with Gasteiger partial charge in [0.2, 0.25) is 0 Å². The molecule has 2 aromatic rings. The minimum absolute atomic E-state index is 0.0365. The molecular formula is C23H25N3O3. The van der Waals surface area contributed by atoms with Crippen molar-refractivity contribution in [3.8, 4) is 0 Å². The molecule has 29 heavy (non-hydrogen) atoms. The topological polar surface area (TPSA) is 71.4 Å². The largest absolute Gasteiger partial charge is 0.351 e. The third-order valence-corrected chi connectivity index (χ3v) is 5.75. The van der Waals surface area contributed by atoms with Gasteiger partial charge in [0, 0.05) is 18.4 Å². The molecule has 0 atom stereocenters. The maximum atomic E-state index is 13.0. The molecule has 150 valence electrons. The molecule has 1 aromatic carbocycles. The van der Waals surface area contributed by atoms with Gasteiger partial charge in [0.25, 0.3) is 11.8 Å². The number of aryl methyl sites for hydroxylation is 1. The number of benzene rings is 1. The number of anilines is 1. The van der Waals surface area contributed by atoms with Crippen LogP contribution in [0.3, 0.4) is 0 Å². The van der Waals surface area contributed by atoms with E-state index in [-0.39, 0.29) is 5.57 Å². The Bertz CT molecular complexity index is 966. The Morgan fingerprint density at radius 2 is 1.76 bits per heavy atom. The summed E-state index contributed by atoms with van der Waals surface area (Å²) in [5.41, 5.74) is 2.30. The second-order valence-corrected chi connectivity index (χ2v) is 7.66. The van der Waals surface area contributed by atoms with Gasteiger partial charge in [0.05, 0.1) is 5.69 Å². The van der Waals surface area contributed by atoms with Gasteiger partial charge in [-0.2, -0.15) is 0 Å². The molecule has 1 saturated carbocycles. The van der Waals surface area contributed by atoms with Crippen molar-refractivity contribution in [3.05, 3.63) is 59.4 Å². The van der Waals surface area contributed by atoms with E-state index in [2.05, 4.69) is 9.88 Å². The van der Waals surface area contributed by atoms with Gasteiger partial charge in [-0.25, -0.2) is 9.69 Å². The smallest absolute Gasteiger partial charge is 0.335 e. The molecule has 1 aliphatic carbocycles. The molecule has 1 aromatic heterocycles. The summed E-state index contributed by atoms with van der Waals surface area (Å²) < 4.78 is 2.17. The fourth-order valence-corrected chi connectivity index (χ4v) is 4.06. The average Bonchev–Trinajstić information content (AvgIpc) is 3.21. The number of nitrogens with one attached hydrogen (secondary N) is 1. The number of urea groups is 1. The lowest BCUT2D eigenvalue weighted by atomic mass is 9.95. The first kappa shape index (κ1) is 19.2. The molecule has 2 aliphatic rings. The number of nitrogens with zero attached hydrogens (tertiary/aromatic N) is 2. The summed E-state index contributed by atoms with van der Waals surface area (Å²) in [6.07, 6.45) is 12.5. The molecule has 0 radical (unpaired) electrons. The van der Waals surface area contributed by atoms with Crippen LogP contribution in [0.1, 0.15) is 56.2 Å². The maximum absolute atomic E-state index is 13.0. The third kappa shape index (κ3) is 3.88. The normalized spacial score (nSPS) is 19.7. The highest BCUT2D eigenvalue weighted by Crippen LogP contribution is 2.29. The van der Waals surface area contributed by atoms with Crippen molar-refractivity contribution in [2.75, 3.05) is 4.90 Å². The van der Waals surface area contributed by atoms with Crippen molar-refractivity contribution in [3.63, 3.8) is 0 Å². The van der Waals surface area contributed by atoms with E-state index in [4.69, 9.17) is 0 Å². The Balaban J connectivity index is 1.60. The van der Waals surface area contributed by atoms with E-state index >= 15 is 0 Å². The summed E-state index contributed by atoms with van der Waals surface area (Å²) in [6.45, 7) is 2.03. The molecule has 0 spiro atoms. The lowest BCUT2D eigenvalue weighted by Gasteiger charge is -2.26. The predicted octanol–water partition coefficient (Wildman–Crippen LogP) is 4.22. The standard InChI is InChI=1S/C23H25N3O3/c1-2-16-8-10-19(11-9-16)26-22(28)20(21(27)24-23(26)29)14-17-12-13-25(15-17)18-6-4-3-5-7-18/h8-15,18H,2-7H2,1H3,(H,24,27,29)/b20-14-. The van der Waals surface area contributed by atoms with E-state index < -0.39 is 17.8 Å². The summed E-state index contributed by atoms with van der Waals surface area (Å²) in [5.74, 6) is -1.26. The summed E-state index contributed by atoms with van der Waals surface area (Å²) in [7, 11) is 0. The molecule has 1 aliphatic heterocycles. The van der Waals surface area contributed by atoms with Crippen LogP contribution in [0.4, 0.5) is 10.5 Å². The lowest BCUT2D eigenvalue weighted by molar-refractivity contribution is -0.122. The number of carbonyl (C=O) groups is 3. The second-order valence-electron chi connectivity index (χ2n) is 7.66. The van der Waals surface area contributed by atoms with Crippen LogP contribution in [0, 0.1) is 0 Å². The van der Waals surface area contributed by atoms with Crippen LogP contribution in [-0.2, 0) is 16.0 Å². The monoisotopic (exact) mass is 391 g/mol. The zero-order chi connectivity index (χ0) is 20.4. The highest BCUT2D eigenvalue weighted by molar-refractivity contribution is 6.39. The SMILES string of the molecule is CCc1ccc(N2C(=O)NC(=O)/C(=C/c3ccn(C4CCCCC4)c3)C2=O)cc1. The predicted molar refractivity (Wildman–Crippen MR) is 111 cm³/mol. The average molecular weight is 391 g/mol. The summed E-state index contributed by atoms with van der Waals surface area (Å²) in [4.78, 5) is 38.7. The number of amides is 4. The number of hydrogen-bond acceptors (Lipinski definition) is 3. The van der Waals surface area contributed by atoms with E-state index in [0.717, 1.165) is 35.3 Å². The molecule has 1 saturated heterocycles. The number of barbiturate groups is 1. The number of aromatic nitrogens is 1. The van der Waals surface area contributed by atoms with E-state index in [0.29, 0.717) is 11.7 Å². The Morgan fingerprint density at radius 1 is 1.03 bits per heavy atom. The first-order valence-corrected chi connectivity index (χ1v) is 10.2. The molecule has 6 heteroatoms. The van der Waals surface area contributed by atoms with Crippen molar-refractivity contribution < 1.29 is 14.4 Å².